The van der Waals surface area contributed by atoms with Crippen LogP contribution in [0.5, 0.6) is 0 Å². The molecule has 0 saturated heterocycles. The topological polar surface area (TPSA) is 66.2 Å². The summed E-state index contributed by atoms with van der Waals surface area (Å²) in [6, 6.07) is 15.6. The minimum Gasteiger partial charge on any atom is -0.423 e. The fraction of sp³-hybridized carbons (Fsp3) is 0. The molecule has 23 heavy (non-hydrogen) atoms. The maximum absolute atomic E-state index is 9.42. The monoisotopic (exact) mass is 300 g/mol. The van der Waals surface area contributed by atoms with E-state index in [4.69, 9.17) is 0 Å². The van der Waals surface area contributed by atoms with E-state index in [0.29, 0.717) is 5.46 Å². The summed E-state index contributed by atoms with van der Waals surface area (Å²) in [5.74, 6) is 0. The van der Waals surface area contributed by atoms with Gasteiger partial charge in [0.2, 0.25) is 0 Å². The van der Waals surface area contributed by atoms with Gasteiger partial charge >= 0.3 is 7.12 Å². The van der Waals surface area contributed by atoms with Gasteiger partial charge in [-0.1, -0.05) is 42.5 Å². The minimum absolute atomic E-state index is 0.475. The molecule has 4 nitrogen and oxygen atoms in total. The normalized spacial score (nSPS) is 11.0. The largest absolute Gasteiger partial charge is 0.488 e. The Hall–Kier alpha value is -2.76. The predicted molar refractivity (Wildman–Crippen MR) is 92.3 cm³/mol. The van der Waals surface area contributed by atoms with Crippen molar-refractivity contribution in [2.75, 3.05) is 0 Å². The van der Waals surface area contributed by atoms with Gasteiger partial charge in [0.05, 0.1) is 0 Å². The van der Waals surface area contributed by atoms with Crippen LogP contribution in [0.25, 0.3) is 32.7 Å². The molecule has 0 amide bonds. The van der Waals surface area contributed by atoms with E-state index in [0.717, 1.165) is 32.7 Å². The van der Waals surface area contributed by atoms with E-state index in [1.54, 1.807) is 24.5 Å². The van der Waals surface area contributed by atoms with Gasteiger partial charge in [0.25, 0.3) is 0 Å². The molecule has 0 aliphatic heterocycles. The third-order valence-corrected chi connectivity index (χ3v) is 4.03. The molecule has 0 atom stereocenters. The van der Waals surface area contributed by atoms with Crippen LogP contribution in [-0.4, -0.2) is 27.1 Å². The lowest BCUT2D eigenvalue weighted by Gasteiger charge is -2.12. The Balaban J connectivity index is 2.14. The molecule has 3 aromatic carbocycles. The van der Waals surface area contributed by atoms with Crippen LogP contribution in [-0.2, 0) is 0 Å². The zero-order valence-electron chi connectivity index (χ0n) is 12.2. The average molecular weight is 300 g/mol. The van der Waals surface area contributed by atoms with Crippen molar-refractivity contribution in [2.24, 2.45) is 0 Å². The molecule has 2 N–H and O–H groups in total. The van der Waals surface area contributed by atoms with Gasteiger partial charge in [-0.05, 0) is 33.1 Å². The summed E-state index contributed by atoms with van der Waals surface area (Å²) in [6.07, 6.45) is 5.10. The molecule has 0 saturated carbocycles. The molecule has 0 spiro atoms. The second kappa shape index (κ2) is 5.46. The van der Waals surface area contributed by atoms with Gasteiger partial charge in [0, 0.05) is 23.5 Å². The summed E-state index contributed by atoms with van der Waals surface area (Å²) in [4.78, 5) is 8.26. The van der Waals surface area contributed by atoms with Crippen LogP contribution in [0.3, 0.4) is 0 Å². The SMILES string of the molecule is OB(O)c1ccc2c(-c3cncnc3)c3ccccc3cc2c1. The standard InChI is InChI=1S/C18H13BN2O2/c22-19(23)15-5-6-17-13(8-15)7-12-3-1-2-4-16(12)18(17)14-9-20-11-21-10-14/h1-11,22-23H. The second-order valence-corrected chi connectivity index (χ2v) is 5.45. The number of benzene rings is 3. The lowest BCUT2D eigenvalue weighted by molar-refractivity contribution is 0.426. The lowest BCUT2D eigenvalue weighted by Crippen LogP contribution is -2.29. The van der Waals surface area contributed by atoms with Crippen molar-refractivity contribution in [3.63, 3.8) is 0 Å². The molecule has 0 unspecified atom stereocenters. The Kier molecular flexibility index (Phi) is 3.30. The van der Waals surface area contributed by atoms with Crippen LogP contribution in [0.2, 0.25) is 0 Å². The highest BCUT2D eigenvalue weighted by Gasteiger charge is 2.14. The minimum atomic E-state index is -1.48. The average Bonchev–Trinajstić information content (AvgIpc) is 2.59. The summed E-state index contributed by atoms with van der Waals surface area (Å²) in [5.41, 5.74) is 2.47. The van der Waals surface area contributed by atoms with Gasteiger partial charge in [-0.25, -0.2) is 9.97 Å². The third-order valence-electron chi connectivity index (χ3n) is 4.03. The number of rotatable bonds is 2. The first kappa shape index (κ1) is 13.9. The highest BCUT2D eigenvalue weighted by molar-refractivity contribution is 6.59. The summed E-state index contributed by atoms with van der Waals surface area (Å²) in [6.45, 7) is 0. The van der Waals surface area contributed by atoms with Crippen molar-refractivity contribution in [2.45, 2.75) is 0 Å². The molecule has 1 aromatic heterocycles. The Bertz CT molecular complexity index is 1000. The summed E-state index contributed by atoms with van der Waals surface area (Å²) >= 11 is 0. The zero-order valence-corrected chi connectivity index (χ0v) is 12.2. The Morgan fingerprint density at radius 1 is 0.783 bits per heavy atom. The van der Waals surface area contributed by atoms with E-state index in [2.05, 4.69) is 22.1 Å². The molecule has 4 rings (SSSR count). The van der Waals surface area contributed by atoms with E-state index < -0.39 is 7.12 Å². The van der Waals surface area contributed by atoms with Crippen molar-refractivity contribution < 1.29 is 10.0 Å². The zero-order chi connectivity index (χ0) is 15.8. The maximum atomic E-state index is 9.42. The van der Waals surface area contributed by atoms with Crippen LogP contribution < -0.4 is 5.46 Å². The predicted octanol–water partition coefficient (Wildman–Crippen LogP) is 2.13. The highest BCUT2D eigenvalue weighted by atomic mass is 16.4. The van der Waals surface area contributed by atoms with E-state index >= 15 is 0 Å². The van der Waals surface area contributed by atoms with E-state index in [1.807, 2.05) is 24.3 Å². The summed E-state index contributed by atoms with van der Waals surface area (Å²) < 4.78 is 0. The van der Waals surface area contributed by atoms with Crippen LogP contribution in [0, 0.1) is 0 Å². The van der Waals surface area contributed by atoms with Crippen molar-refractivity contribution in [3.8, 4) is 11.1 Å². The molecule has 1 heterocycles. The van der Waals surface area contributed by atoms with Crippen molar-refractivity contribution >= 4 is 34.1 Å². The molecular formula is C18H13BN2O2. The molecule has 4 aromatic rings. The molecule has 0 fully saturated rings. The molecule has 0 aliphatic rings. The van der Waals surface area contributed by atoms with Gasteiger partial charge in [0.1, 0.15) is 6.33 Å². The van der Waals surface area contributed by atoms with Gasteiger partial charge in [-0.3, -0.25) is 0 Å². The fourth-order valence-corrected chi connectivity index (χ4v) is 2.99. The first-order chi connectivity index (χ1) is 11.2. The number of hydrogen-bond donors (Lipinski definition) is 2. The van der Waals surface area contributed by atoms with Crippen LogP contribution >= 0.6 is 0 Å². The molecule has 0 aliphatic carbocycles. The van der Waals surface area contributed by atoms with E-state index in [9.17, 15) is 10.0 Å². The van der Waals surface area contributed by atoms with Crippen molar-refractivity contribution in [1.29, 1.82) is 0 Å². The highest BCUT2D eigenvalue weighted by Crippen LogP contribution is 2.35. The Labute approximate surface area is 133 Å². The number of nitrogens with zero attached hydrogens (tertiary/aromatic N) is 2. The lowest BCUT2D eigenvalue weighted by atomic mass is 9.78. The van der Waals surface area contributed by atoms with Crippen LogP contribution in [0.15, 0.2) is 67.3 Å². The maximum Gasteiger partial charge on any atom is 0.488 e. The Morgan fingerprint density at radius 3 is 2.30 bits per heavy atom. The number of aromatic nitrogens is 2. The van der Waals surface area contributed by atoms with Crippen LogP contribution in [0.4, 0.5) is 0 Å². The van der Waals surface area contributed by atoms with Crippen LogP contribution in [0.1, 0.15) is 0 Å². The van der Waals surface area contributed by atoms with E-state index in [1.165, 1.54) is 6.33 Å². The van der Waals surface area contributed by atoms with Gasteiger partial charge in [-0.2, -0.15) is 0 Å². The van der Waals surface area contributed by atoms with E-state index in [-0.39, 0.29) is 0 Å². The summed E-state index contributed by atoms with van der Waals surface area (Å²) in [5, 5.41) is 23.0. The van der Waals surface area contributed by atoms with Gasteiger partial charge in [-0.15, -0.1) is 0 Å². The van der Waals surface area contributed by atoms with Gasteiger partial charge < -0.3 is 10.0 Å². The summed E-state index contributed by atoms with van der Waals surface area (Å²) in [7, 11) is -1.48. The molecular weight excluding hydrogens is 287 g/mol. The van der Waals surface area contributed by atoms with Crippen molar-refractivity contribution in [3.05, 3.63) is 67.3 Å². The first-order valence-electron chi connectivity index (χ1n) is 7.31. The fourth-order valence-electron chi connectivity index (χ4n) is 2.99. The Morgan fingerprint density at radius 2 is 1.52 bits per heavy atom. The molecule has 110 valence electrons. The third kappa shape index (κ3) is 2.36. The van der Waals surface area contributed by atoms with Crippen molar-refractivity contribution in [1.82, 2.24) is 9.97 Å². The number of hydrogen-bond acceptors (Lipinski definition) is 4. The number of fused-ring (bicyclic) bond motifs is 2. The quantitative estimate of drug-likeness (QED) is 0.439. The molecule has 5 heteroatoms. The molecule has 0 bridgehead atoms. The second-order valence-electron chi connectivity index (χ2n) is 5.45. The molecule has 0 radical (unpaired) electrons. The van der Waals surface area contributed by atoms with Gasteiger partial charge in [0.15, 0.2) is 0 Å². The smallest absolute Gasteiger partial charge is 0.423 e. The first-order valence-corrected chi connectivity index (χ1v) is 7.31.